The first-order chi connectivity index (χ1) is 10.1. The summed E-state index contributed by atoms with van der Waals surface area (Å²) in [6.45, 7) is 2.31. The molecule has 0 radical (unpaired) electrons. The van der Waals surface area contributed by atoms with Crippen molar-refractivity contribution in [2.75, 3.05) is 30.7 Å². The topological polar surface area (TPSA) is 92.8 Å². The molecule has 10 heteroatoms. The third-order valence-electron chi connectivity index (χ3n) is 3.13. The third-order valence-corrected chi connectivity index (χ3v) is 5.78. The minimum Gasteiger partial charge on any atom is -0.378 e. The molecule has 1 N–H and O–H groups in total. The minimum absolute atomic E-state index is 0.0334. The van der Waals surface area contributed by atoms with Crippen LogP contribution in [0.3, 0.4) is 0 Å². The number of sulfonamides is 2. The van der Waals surface area contributed by atoms with Crippen LogP contribution in [0.15, 0.2) is 23.1 Å². The summed E-state index contributed by atoms with van der Waals surface area (Å²) >= 11 is 0. The maximum atomic E-state index is 14.1. The molecule has 0 unspecified atom stereocenters. The van der Waals surface area contributed by atoms with Crippen LogP contribution in [0.2, 0.25) is 0 Å². The van der Waals surface area contributed by atoms with Gasteiger partial charge in [-0.1, -0.05) is 0 Å². The molecule has 7 nitrogen and oxygen atoms in total. The molecule has 0 amide bonds. The molecule has 1 aliphatic rings. The van der Waals surface area contributed by atoms with Crippen molar-refractivity contribution >= 4 is 25.7 Å². The normalized spacial score (nSPS) is 20.8. The van der Waals surface area contributed by atoms with Gasteiger partial charge in [0.15, 0.2) is 0 Å². The lowest BCUT2D eigenvalue weighted by molar-refractivity contribution is 0.0392. The van der Waals surface area contributed by atoms with E-state index >= 15 is 0 Å². The van der Waals surface area contributed by atoms with Crippen LogP contribution in [0.5, 0.6) is 0 Å². The van der Waals surface area contributed by atoms with E-state index in [-0.39, 0.29) is 25.4 Å². The molecule has 0 aliphatic carbocycles. The first kappa shape index (κ1) is 17.1. The standard InChI is InChI=1S/C12H17FN2O5S2/c1-9-8-20-6-5-15(9)22(18,19)12-4-3-10(7-11(12)13)14-21(2,16)17/h3-4,7,9,14H,5-6,8H2,1-2H3/t9-/m1/s1. The average molecular weight is 352 g/mol. The predicted octanol–water partition coefficient (Wildman–Crippen LogP) is 0.607. The van der Waals surface area contributed by atoms with Gasteiger partial charge >= 0.3 is 0 Å². The van der Waals surface area contributed by atoms with Gasteiger partial charge in [-0.2, -0.15) is 4.31 Å². The summed E-state index contributed by atoms with van der Waals surface area (Å²) in [5.74, 6) is -1.01. The molecule has 1 saturated heterocycles. The van der Waals surface area contributed by atoms with Crippen molar-refractivity contribution in [2.24, 2.45) is 0 Å². The van der Waals surface area contributed by atoms with Gasteiger partial charge in [0.2, 0.25) is 20.0 Å². The van der Waals surface area contributed by atoms with Gasteiger partial charge in [0, 0.05) is 12.6 Å². The lowest BCUT2D eigenvalue weighted by Gasteiger charge is -2.32. The maximum absolute atomic E-state index is 14.1. The number of rotatable bonds is 4. The molecular formula is C12H17FN2O5S2. The Bertz CT molecular complexity index is 764. The summed E-state index contributed by atoms with van der Waals surface area (Å²) in [7, 11) is -7.57. The average Bonchev–Trinajstić information content (AvgIpc) is 2.36. The SMILES string of the molecule is C[C@@H]1COCCN1S(=O)(=O)c1ccc(NS(C)(=O)=O)cc1F. The first-order valence-electron chi connectivity index (χ1n) is 6.48. The lowest BCUT2D eigenvalue weighted by Crippen LogP contribution is -2.47. The smallest absolute Gasteiger partial charge is 0.246 e. The van der Waals surface area contributed by atoms with Crippen LogP contribution in [0.4, 0.5) is 10.1 Å². The highest BCUT2D eigenvalue weighted by Gasteiger charge is 2.33. The van der Waals surface area contributed by atoms with Gasteiger partial charge in [0.05, 0.1) is 25.2 Å². The molecule has 2 rings (SSSR count). The summed E-state index contributed by atoms with van der Waals surface area (Å²) in [6.07, 6.45) is 0.922. The Morgan fingerprint density at radius 1 is 1.32 bits per heavy atom. The Morgan fingerprint density at radius 2 is 2.00 bits per heavy atom. The molecular weight excluding hydrogens is 335 g/mol. The van der Waals surface area contributed by atoms with Crippen molar-refractivity contribution in [3.8, 4) is 0 Å². The zero-order valence-corrected chi connectivity index (χ0v) is 13.7. The summed E-state index contributed by atoms with van der Waals surface area (Å²) in [5, 5.41) is 0. The van der Waals surface area contributed by atoms with E-state index in [1.54, 1.807) is 6.92 Å². The fourth-order valence-electron chi connectivity index (χ4n) is 2.18. The van der Waals surface area contributed by atoms with Crippen LogP contribution in [-0.4, -0.2) is 53.2 Å². The summed E-state index contributed by atoms with van der Waals surface area (Å²) in [4.78, 5) is -0.486. The largest absolute Gasteiger partial charge is 0.378 e. The number of morpholine rings is 1. The number of ether oxygens (including phenoxy) is 1. The zero-order chi connectivity index (χ0) is 16.5. The Balaban J connectivity index is 2.36. The fraction of sp³-hybridized carbons (Fsp3) is 0.500. The van der Waals surface area contributed by atoms with Gasteiger partial charge in [-0.05, 0) is 25.1 Å². The number of halogens is 1. The Kier molecular flexibility index (Phi) is 4.76. The molecule has 0 bridgehead atoms. The molecule has 1 atom stereocenters. The lowest BCUT2D eigenvalue weighted by atomic mass is 10.3. The van der Waals surface area contributed by atoms with Gasteiger partial charge in [0.25, 0.3) is 0 Å². The molecule has 1 heterocycles. The van der Waals surface area contributed by atoms with Gasteiger partial charge in [-0.15, -0.1) is 0 Å². The van der Waals surface area contributed by atoms with Gasteiger partial charge < -0.3 is 4.74 Å². The second-order valence-corrected chi connectivity index (χ2v) is 8.67. The van der Waals surface area contributed by atoms with Crippen molar-refractivity contribution in [1.82, 2.24) is 4.31 Å². The molecule has 124 valence electrons. The molecule has 1 fully saturated rings. The van der Waals surface area contributed by atoms with Crippen LogP contribution in [0, 0.1) is 5.82 Å². The van der Waals surface area contributed by atoms with E-state index in [1.807, 2.05) is 0 Å². The predicted molar refractivity (Wildman–Crippen MR) is 79.0 cm³/mol. The summed E-state index contributed by atoms with van der Waals surface area (Å²) in [6, 6.07) is 2.72. The van der Waals surface area contributed by atoms with Crippen molar-refractivity contribution in [3.63, 3.8) is 0 Å². The molecule has 1 aromatic carbocycles. The maximum Gasteiger partial charge on any atom is 0.246 e. The highest BCUT2D eigenvalue weighted by molar-refractivity contribution is 7.92. The first-order valence-corrected chi connectivity index (χ1v) is 9.81. The quantitative estimate of drug-likeness (QED) is 0.857. The Labute approximate surface area is 129 Å². The fourth-order valence-corrected chi connectivity index (χ4v) is 4.39. The number of benzene rings is 1. The minimum atomic E-state index is -4.00. The highest BCUT2D eigenvalue weighted by atomic mass is 32.2. The van der Waals surface area contributed by atoms with Crippen molar-refractivity contribution in [1.29, 1.82) is 0 Å². The van der Waals surface area contributed by atoms with E-state index in [0.29, 0.717) is 0 Å². The molecule has 0 spiro atoms. The number of nitrogens with one attached hydrogen (secondary N) is 1. The number of hydrogen-bond acceptors (Lipinski definition) is 5. The highest BCUT2D eigenvalue weighted by Crippen LogP contribution is 2.25. The third kappa shape index (κ3) is 3.75. The Hall–Kier alpha value is -1.23. The van der Waals surface area contributed by atoms with E-state index in [0.717, 1.165) is 18.4 Å². The number of anilines is 1. The van der Waals surface area contributed by atoms with Crippen LogP contribution in [0.25, 0.3) is 0 Å². The molecule has 1 aliphatic heterocycles. The molecule has 0 saturated carbocycles. The molecule has 22 heavy (non-hydrogen) atoms. The van der Waals surface area contributed by atoms with Crippen LogP contribution < -0.4 is 4.72 Å². The zero-order valence-electron chi connectivity index (χ0n) is 12.1. The number of nitrogens with zero attached hydrogens (tertiary/aromatic N) is 1. The van der Waals surface area contributed by atoms with Gasteiger partial charge in [0.1, 0.15) is 10.7 Å². The van der Waals surface area contributed by atoms with E-state index in [1.165, 1.54) is 10.4 Å². The van der Waals surface area contributed by atoms with Gasteiger partial charge in [-0.3, -0.25) is 4.72 Å². The van der Waals surface area contributed by atoms with E-state index < -0.39 is 36.8 Å². The van der Waals surface area contributed by atoms with Gasteiger partial charge in [-0.25, -0.2) is 21.2 Å². The monoisotopic (exact) mass is 352 g/mol. The Morgan fingerprint density at radius 3 is 2.55 bits per heavy atom. The molecule has 0 aromatic heterocycles. The van der Waals surface area contributed by atoms with Crippen molar-refractivity contribution < 1.29 is 26.0 Å². The second-order valence-electron chi connectivity index (χ2n) is 5.06. The van der Waals surface area contributed by atoms with E-state index in [2.05, 4.69) is 4.72 Å². The van der Waals surface area contributed by atoms with Crippen LogP contribution in [-0.2, 0) is 24.8 Å². The van der Waals surface area contributed by atoms with Crippen LogP contribution >= 0.6 is 0 Å². The van der Waals surface area contributed by atoms with Crippen molar-refractivity contribution in [3.05, 3.63) is 24.0 Å². The van der Waals surface area contributed by atoms with E-state index in [9.17, 15) is 21.2 Å². The second kappa shape index (κ2) is 6.11. The van der Waals surface area contributed by atoms with Crippen molar-refractivity contribution in [2.45, 2.75) is 17.9 Å². The van der Waals surface area contributed by atoms with Crippen LogP contribution in [0.1, 0.15) is 6.92 Å². The molecule has 1 aromatic rings. The summed E-state index contributed by atoms with van der Waals surface area (Å²) in [5.41, 5.74) is -0.0334. The van der Waals surface area contributed by atoms with E-state index in [4.69, 9.17) is 4.74 Å². The number of hydrogen-bond donors (Lipinski definition) is 1. The summed E-state index contributed by atoms with van der Waals surface area (Å²) < 4.78 is 69.8.